The lowest BCUT2D eigenvalue weighted by Gasteiger charge is -2.21. The summed E-state index contributed by atoms with van der Waals surface area (Å²) in [7, 11) is -9.92. The molecule has 17 nitrogen and oxygen atoms in total. The van der Waals surface area contributed by atoms with Gasteiger partial charge in [0.15, 0.2) is 12.2 Å². The fourth-order valence-electron chi connectivity index (χ4n) is 12.8. The van der Waals surface area contributed by atoms with E-state index in [-0.39, 0.29) is 25.7 Å². The molecule has 0 aliphatic carbocycles. The van der Waals surface area contributed by atoms with E-state index in [1.165, 1.54) is 263 Å². The molecule has 600 valence electrons. The summed E-state index contributed by atoms with van der Waals surface area (Å²) in [5.74, 6) is -1.31. The summed E-state index contributed by atoms with van der Waals surface area (Å²) < 4.78 is 68.8. The Balaban J connectivity index is 5.26. The zero-order valence-electron chi connectivity index (χ0n) is 66.1. The van der Waals surface area contributed by atoms with Gasteiger partial charge in [-0.1, -0.05) is 388 Å². The Bertz CT molecular complexity index is 1930. The van der Waals surface area contributed by atoms with Crippen molar-refractivity contribution >= 4 is 39.5 Å². The maximum absolute atomic E-state index is 13.1. The number of rotatable bonds is 82. The third-order valence-corrected chi connectivity index (χ3v) is 21.2. The van der Waals surface area contributed by atoms with Gasteiger partial charge in [-0.15, -0.1) is 0 Å². The van der Waals surface area contributed by atoms with E-state index >= 15 is 0 Å². The fourth-order valence-corrected chi connectivity index (χ4v) is 14.3. The number of hydrogen-bond donors (Lipinski definition) is 3. The minimum Gasteiger partial charge on any atom is -0.462 e. The highest BCUT2D eigenvalue weighted by molar-refractivity contribution is 7.47. The first kappa shape index (κ1) is 99.1. The number of hydrogen-bond acceptors (Lipinski definition) is 15. The Kier molecular flexibility index (Phi) is 73.5. The van der Waals surface area contributed by atoms with Gasteiger partial charge in [0.2, 0.25) is 0 Å². The second kappa shape index (κ2) is 74.9. The Labute approximate surface area is 619 Å². The van der Waals surface area contributed by atoms with Crippen molar-refractivity contribution in [1.82, 2.24) is 0 Å². The molecular weight excluding hydrogens is 1320 g/mol. The molecule has 0 aromatic heterocycles. The minimum absolute atomic E-state index is 0.109. The van der Waals surface area contributed by atoms with Gasteiger partial charge < -0.3 is 33.8 Å². The van der Waals surface area contributed by atoms with Gasteiger partial charge in [-0.25, -0.2) is 9.13 Å². The van der Waals surface area contributed by atoms with Crippen molar-refractivity contribution in [2.24, 2.45) is 5.92 Å². The van der Waals surface area contributed by atoms with E-state index < -0.39 is 97.5 Å². The molecule has 0 heterocycles. The molecule has 0 amide bonds. The lowest BCUT2D eigenvalue weighted by molar-refractivity contribution is -0.161. The van der Waals surface area contributed by atoms with E-state index in [0.717, 1.165) is 95.8 Å². The second-order valence-corrected chi connectivity index (χ2v) is 32.9. The molecule has 0 bridgehead atoms. The quantitative estimate of drug-likeness (QED) is 0.0222. The van der Waals surface area contributed by atoms with Crippen LogP contribution in [0.1, 0.15) is 439 Å². The summed E-state index contributed by atoms with van der Waals surface area (Å²) in [6, 6.07) is 0. The van der Waals surface area contributed by atoms with E-state index in [1.807, 2.05) is 0 Å². The summed E-state index contributed by atoms with van der Waals surface area (Å²) in [5.41, 5.74) is 0. The Morgan fingerprint density at radius 3 is 0.673 bits per heavy atom. The van der Waals surface area contributed by atoms with Crippen LogP contribution in [0, 0.1) is 5.92 Å². The molecule has 5 atom stereocenters. The van der Waals surface area contributed by atoms with Crippen LogP contribution in [0.5, 0.6) is 0 Å². The predicted molar refractivity (Wildman–Crippen MR) is 414 cm³/mol. The normalized spacial score (nSPS) is 13.8. The van der Waals surface area contributed by atoms with E-state index in [0.29, 0.717) is 25.7 Å². The average molecular weight is 1480 g/mol. The maximum Gasteiger partial charge on any atom is 0.472 e. The van der Waals surface area contributed by atoms with Crippen molar-refractivity contribution in [1.29, 1.82) is 0 Å². The van der Waals surface area contributed by atoms with Crippen LogP contribution in [0.2, 0.25) is 0 Å². The van der Waals surface area contributed by atoms with Crippen molar-refractivity contribution < 1.29 is 80.2 Å². The maximum atomic E-state index is 13.1. The summed E-state index contributed by atoms with van der Waals surface area (Å²) in [6.45, 7) is 7.37. The molecule has 0 aromatic rings. The summed E-state index contributed by atoms with van der Waals surface area (Å²) in [5, 5.41) is 10.7. The summed E-state index contributed by atoms with van der Waals surface area (Å²) in [6.07, 6.45) is 66.4. The average Bonchev–Trinajstić information content (AvgIpc) is 0.925. The predicted octanol–water partition coefficient (Wildman–Crippen LogP) is 24.8. The van der Waals surface area contributed by atoms with Gasteiger partial charge in [-0.05, 0) is 31.6 Å². The number of ether oxygens (including phenoxy) is 4. The van der Waals surface area contributed by atoms with Crippen molar-refractivity contribution in [3.05, 3.63) is 0 Å². The third-order valence-electron chi connectivity index (χ3n) is 19.3. The van der Waals surface area contributed by atoms with Crippen molar-refractivity contribution in [2.75, 3.05) is 39.6 Å². The highest BCUT2D eigenvalue weighted by Gasteiger charge is 2.30. The van der Waals surface area contributed by atoms with Crippen molar-refractivity contribution in [2.45, 2.75) is 457 Å². The van der Waals surface area contributed by atoms with Crippen LogP contribution in [-0.2, 0) is 65.4 Å². The minimum atomic E-state index is -4.96. The van der Waals surface area contributed by atoms with Gasteiger partial charge >= 0.3 is 39.5 Å². The SMILES string of the molecule is CCCCCCCCCCCCCCCCCCCCC(=O)O[C@H](COC(=O)CCCCCCCCCCCCCCCC(C)C)COP(=O)(O)OC[C@@H](O)COP(=O)(O)OC[C@@H](COC(=O)CCCCCCCCCCCCCC)OC(=O)CCCCCCCCCCCCCCCCC. The Hall–Kier alpha value is -1.94. The van der Waals surface area contributed by atoms with Crippen LogP contribution < -0.4 is 0 Å². The number of aliphatic hydroxyl groups is 1. The highest BCUT2D eigenvalue weighted by Crippen LogP contribution is 2.45. The summed E-state index contributed by atoms with van der Waals surface area (Å²) >= 11 is 0. The Morgan fingerprint density at radius 2 is 0.455 bits per heavy atom. The fraction of sp³-hybridized carbons (Fsp3) is 0.951. The third kappa shape index (κ3) is 76.1. The molecule has 0 aromatic carbocycles. The highest BCUT2D eigenvalue weighted by atomic mass is 31.2. The molecular formula is C82H160O17P2. The number of phosphoric ester groups is 2. The second-order valence-electron chi connectivity index (χ2n) is 30.0. The number of unbranched alkanes of at least 4 members (excludes halogenated alkanes) is 54. The molecule has 0 saturated heterocycles. The van der Waals surface area contributed by atoms with E-state index in [9.17, 15) is 43.2 Å². The zero-order chi connectivity index (χ0) is 74.1. The largest absolute Gasteiger partial charge is 0.472 e. The molecule has 0 rings (SSSR count). The molecule has 0 aliphatic heterocycles. The van der Waals surface area contributed by atoms with Crippen LogP contribution in [0.3, 0.4) is 0 Å². The number of phosphoric acid groups is 2. The first-order valence-electron chi connectivity index (χ1n) is 42.6. The number of aliphatic hydroxyl groups excluding tert-OH is 1. The first-order chi connectivity index (χ1) is 49.0. The van der Waals surface area contributed by atoms with Gasteiger partial charge in [0.25, 0.3) is 0 Å². The Morgan fingerprint density at radius 1 is 0.267 bits per heavy atom. The lowest BCUT2D eigenvalue weighted by atomic mass is 10.0. The van der Waals surface area contributed by atoms with Crippen LogP contribution in [-0.4, -0.2) is 96.7 Å². The van der Waals surface area contributed by atoms with Gasteiger partial charge in [0, 0.05) is 25.7 Å². The number of carbonyl (C=O) groups is 4. The van der Waals surface area contributed by atoms with Gasteiger partial charge in [-0.2, -0.15) is 0 Å². The smallest absolute Gasteiger partial charge is 0.462 e. The van der Waals surface area contributed by atoms with Crippen LogP contribution in [0.25, 0.3) is 0 Å². The number of esters is 4. The number of carbonyl (C=O) groups excluding carboxylic acids is 4. The molecule has 101 heavy (non-hydrogen) atoms. The molecule has 3 N–H and O–H groups in total. The van der Waals surface area contributed by atoms with E-state index in [2.05, 4.69) is 34.6 Å². The monoisotopic (exact) mass is 1480 g/mol. The molecule has 2 unspecified atom stereocenters. The van der Waals surface area contributed by atoms with Crippen LogP contribution in [0.4, 0.5) is 0 Å². The molecule has 0 saturated carbocycles. The molecule has 0 spiro atoms. The standard InChI is InChI=1S/C82H160O17P2/c1-6-9-12-15-18-21-24-27-29-30-31-33-37-43-48-53-58-63-68-82(87)99-78(72-93-80(85)66-61-56-51-46-41-38-34-35-39-44-49-54-59-64-75(4)5)74-97-101(90,91)95-70-76(83)69-94-100(88,89)96-73-77(71-92-79(84)65-60-55-50-45-40-26-23-20-17-14-11-8-3)98-81(86)67-62-57-52-47-42-36-32-28-25-22-19-16-13-10-7-2/h75-78,83H,6-74H2,1-5H3,(H,88,89)(H,90,91)/t76-,77+,78+/m0/s1. The van der Waals surface area contributed by atoms with Crippen molar-refractivity contribution in [3.8, 4) is 0 Å². The first-order valence-corrected chi connectivity index (χ1v) is 45.6. The van der Waals surface area contributed by atoms with E-state index in [4.69, 9.17) is 37.0 Å². The lowest BCUT2D eigenvalue weighted by Crippen LogP contribution is -2.30. The molecule has 0 radical (unpaired) electrons. The van der Waals surface area contributed by atoms with Gasteiger partial charge in [0.1, 0.15) is 19.3 Å². The van der Waals surface area contributed by atoms with E-state index in [1.54, 1.807) is 0 Å². The van der Waals surface area contributed by atoms with Crippen LogP contribution in [0.15, 0.2) is 0 Å². The van der Waals surface area contributed by atoms with Crippen molar-refractivity contribution in [3.63, 3.8) is 0 Å². The zero-order valence-corrected chi connectivity index (χ0v) is 67.8. The summed E-state index contributed by atoms with van der Waals surface area (Å²) in [4.78, 5) is 73.1. The van der Waals surface area contributed by atoms with Crippen LogP contribution >= 0.6 is 15.6 Å². The van der Waals surface area contributed by atoms with Gasteiger partial charge in [0.05, 0.1) is 26.4 Å². The molecule has 0 aliphatic rings. The van der Waals surface area contributed by atoms with Gasteiger partial charge in [-0.3, -0.25) is 37.3 Å². The molecule has 0 fully saturated rings. The molecule has 19 heteroatoms. The topological polar surface area (TPSA) is 237 Å².